The number of para-hydroxylation sites is 4. The van der Waals surface area contributed by atoms with E-state index in [4.69, 9.17) is 25.1 Å². The van der Waals surface area contributed by atoms with Gasteiger partial charge in [0, 0.05) is 60.7 Å². The lowest BCUT2D eigenvalue weighted by Gasteiger charge is -2.11. The number of hydrogen-bond donors (Lipinski definition) is 0. The van der Waals surface area contributed by atoms with Crippen LogP contribution in [0.1, 0.15) is 0 Å². The Balaban J connectivity index is 1.01. The predicted octanol–water partition coefficient (Wildman–Crippen LogP) is 13.3. The van der Waals surface area contributed by atoms with Gasteiger partial charge in [-0.15, -0.1) is 10.2 Å². The van der Waals surface area contributed by atoms with Crippen LogP contribution in [0.15, 0.2) is 200 Å². The van der Waals surface area contributed by atoms with Crippen molar-refractivity contribution in [3.05, 3.63) is 200 Å². The molecule has 0 aliphatic rings. The molecule has 12 aromatic rings. The minimum absolute atomic E-state index is 0.610. The highest BCUT2D eigenvalue weighted by Gasteiger charge is 2.22. The standard InChI is InChI=1S/C53H33N7S/c1-4-17-34(18-5-1)49-54-50(35-19-6-2-7-20-35)56-51(55-49)36-21-14-24-38(33-36)59-45-31-13-11-26-41(45)47-42(28-16-32-46(47)59)52-57-58-53(61-52)43-29-15-27-40-39-25-10-12-30-44(39)60(48(40)43)37-22-8-3-9-23-37/h1-33H. The fourth-order valence-corrected chi connectivity index (χ4v) is 9.58. The number of hydrogen-bond acceptors (Lipinski definition) is 6. The van der Waals surface area contributed by atoms with Crippen molar-refractivity contribution in [3.63, 3.8) is 0 Å². The second kappa shape index (κ2) is 14.3. The van der Waals surface area contributed by atoms with Crippen LogP contribution in [-0.4, -0.2) is 34.3 Å². The molecule has 0 N–H and O–H groups in total. The smallest absolute Gasteiger partial charge is 0.164 e. The SMILES string of the molecule is c1ccc(-c2nc(-c3ccccc3)nc(-c3cccc(-n4c5ccccc5c5c(-c6nnc(-c7cccc8c9ccccc9n(-c9ccccc9)c78)s6)cccc54)c3)n2)cc1. The number of aromatic nitrogens is 7. The van der Waals surface area contributed by atoms with Crippen LogP contribution in [0.2, 0.25) is 0 Å². The third-order valence-corrected chi connectivity index (χ3v) is 12.3. The number of rotatable bonds is 7. The average Bonchev–Trinajstić information content (AvgIpc) is 4.06. The molecule has 0 atom stereocenters. The summed E-state index contributed by atoms with van der Waals surface area (Å²) >= 11 is 1.63. The summed E-state index contributed by atoms with van der Waals surface area (Å²) in [5.74, 6) is 1.87. The molecule has 0 radical (unpaired) electrons. The van der Waals surface area contributed by atoms with Crippen molar-refractivity contribution in [1.82, 2.24) is 34.3 Å². The number of benzene rings is 8. The van der Waals surface area contributed by atoms with Gasteiger partial charge in [-0.3, -0.25) is 0 Å². The van der Waals surface area contributed by atoms with Crippen molar-refractivity contribution in [2.75, 3.05) is 0 Å². The maximum atomic E-state index is 5.03. The lowest BCUT2D eigenvalue weighted by atomic mass is 10.1. The molecule has 0 saturated carbocycles. The van der Waals surface area contributed by atoms with E-state index in [2.05, 4.69) is 149 Å². The van der Waals surface area contributed by atoms with E-state index in [0.29, 0.717) is 17.5 Å². The molecule has 8 heteroatoms. The molecular weight excluding hydrogens is 767 g/mol. The van der Waals surface area contributed by atoms with Crippen molar-refractivity contribution in [1.29, 1.82) is 0 Å². The molecule has 0 amide bonds. The fourth-order valence-electron chi connectivity index (χ4n) is 8.67. The Kier molecular flexibility index (Phi) is 8.21. The zero-order valence-electron chi connectivity index (χ0n) is 32.6. The van der Waals surface area contributed by atoms with Crippen LogP contribution in [0.5, 0.6) is 0 Å². The average molecular weight is 800 g/mol. The molecule has 4 aromatic heterocycles. The molecule has 8 aromatic carbocycles. The van der Waals surface area contributed by atoms with Gasteiger partial charge in [-0.25, -0.2) is 15.0 Å². The fraction of sp³-hybridized carbons (Fsp3) is 0. The molecule has 0 saturated heterocycles. The summed E-state index contributed by atoms with van der Waals surface area (Å²) in [6.07, 6.45) is 0. The van der Waals surface area contributed by atoms with E-state index in [0.717, 1.165) is 82.0 Å². The molecule has 12 rings (SSSR count). The summed E-state index contributed by atoms with van der Waals surface area (Å²) in [6.45, 7) is 0. The Hall–Kier alpha value is -8.07. The van der Waals surface area contributed by atoms with Gasteiger partial charge in [0.15, 0.2) is 17.5 Å². The van der Waals surface area contributed by atoms with Crippen LogP contribution in [-0.2, 0) is 0 Å². The van der Waals surface area contributed by atoms with Crippen LogP contribution in [0.3, 0.4) is 0 Å². The summed E-state index contributed by atoms with van der Waals surface area (Å²) in [5, 5.41) is 16.2. The van der Waals surface area contributed by atoms with Gasteiger partial charge >= 0.3 is 0 Å². The summed E-state index contributed by atoms with van der Waals surface area (Å²) < 4.78 is 4.68. The highest BCUT2D eigenvalue weighted by Crippen LogP contribution is 2.43. The van der Waals surface area contributed by atoms with E-state index in [1.165, 1.54) is 10.8 Å². The molecular formula is C53H33N7S. The Morgan fingerprint density at radius 3 is 1.52 bits per heavy atom. The van der Waals surface area contributed by atoms with Crippen LogP contribution >= 0.6 is 11.3 Å². The van der Waals surface area contributed by atoms with Crippen LogP contribution in [0, 0.1) is 0 Å². The van der Waals surface area contributed by atoms with Gasteiger partial charge in [0.2, 0.25) is 0 Å². The van der Waals surface area contributed by atoms with E-state index in [9.17, 15) is 0 Å². The van der Waals surface area contributed by atoms with E-state index >= 15 is 0 Å². The third kappa shape index (κ3) is 5.84. The second-order valence-electron chi connectivity index (χ2n) is 14.9. The second-order valence-corrected chi connectivity index (χ2v) is 15.9. The van der Waals surface area contributed by atoms with Crippen LogP contribution in [0.4, 0.5) is 0 Å². The van der Waals surface area contributed by atoms with Gasteiger partial charge in [-0.05, 0) is 48.5 Å². The molecule has 286 valence electrons. The number of nitrogens with zero attached hydrogens (tertiary/aromatic N) is 7. The highest BCUT2D eigenvalue weighted by molar-refractivity contribution is 7.18. The normalized spacial score (nSPS) is 11.6. The Bertz CT molecular complexity index is 3530. The van der Waals surface area contributed by atoms with Crippen molar-refractivity contribution in [3.8, 4) is 66.7 Å². The molecule has 0 spiro atoms. The zero-order chi connectivity index (χ0) is 40.3. The van der Waals surface area contributed by atoms with Gasteiger partial charge in [0.25, 0.3) is 0 Å². The van der Waals surface area contributed by atoms with Gasteiger partial charge in [0.1, 0.15) is 10.0 Å². The lowest BCUT2D eigenvalue weighted by molar-refractivity contribution is 1.07. The van der Waals surface area contributed by atoms with E-state index in [-0.39, 0.29) is 0 Å². The first-order valence-electron chi connectivity index (χ1n) is 20.2. The Morgan fingerprint density at radius 1 is 0.344 bits per heavy atom. The monoisotopic (exact) mass is 799 g/mol. The van der Waals surface area contributed by atoms with E-state index < -0.39 is 0 Å². The first-order valence-corrected chi connectivity index (χ1v) is 21.0. The third-order valence-electron chi connectivity index (χ3n) is 11.4. The first-order chi connectivity index (χ1) is 30.3. The summed E-state index contributed by atoms with van der Waals surface area (Å²) in [6, 6.07) is 69.4. The molecule has 0 fully saturated rings. The summed E-state index contributed by atoms with van der Waals surface area (Å²) in [4.78, 5) is 15.0. The molecule has 0 bridgehead atoms. The topological polar surface area (TPSA) is 74.3 Å². The van der Waals surface area contributed by atoms with Gasteiger partial charge in [0.05, 0.1) is 22.1 Å². The lowest BCUT2D eigenvalue weighted by Crippen LogP contribution is -2.01. The van der Waals surface area contributed by atoms with Gasteiger partial charge < -0.3 is 9.13 Å². The van der Waals surface area contributed by atoms with Crippen molar-refractivity contribution >= 4 is 54.9 Å². The highest BCUT2D eigenvalue weighted by atomic mass is 32.1. The minimum atomic E-state index is 0.610. The quantitative estimate of drug-likeness (QED) is 0.160. The van der Waals surface area contributed by atoms with Crippen molar-refractivity contribution in [2.24, 2.45) is 0 Å². The predicted molar refractivity (Wildman–Crippen MR) is 249 cm³/mol. The van der Waals surface area contributed by atoms with Crippen molar-refractivity contribution in [2.45, 2.75) is 0 Å². The Labute approximate surface area is 354 Å². The largest absolute Gasteiger partial charge is 0.309 e. The molecule has 4 heterocycles. The minimum Gasteiger partial charge on any atom is -0.309 e. The molecule has 61 heavy (non-hydrogen) atoms. The summed E-state index contributed by atoms with van der Waals surface area (Å²) in [5.41, 5.74) is 11.4. The van der Waals surface area contributed by atoms with Crippen LogP contribution in [0.25, 0.3) is 110 Å². The zero-order valence-corrected chi connectivity index (χ0v) is 33.4. The van der Waals surface area contributed by atoms with Crippen molar-refractivity contribution < 1.29 is 0 Å². The molecule has 0 unspecified atom stereocenters. The molecule has 0 aliphatic carbocycles. The number of fused-ring (bicyclic) bond motifs is 6. The van der Waals surface area contributed by atoms with Crippen LogP contribution < -0.4 is 0 Å². The molecule has 7 nitrogen and oxygen atoms in total. The molecule has 0 aliphatic heterocycles. The maximum Gasteiger partial charge on any atom is 0.164 e. The summed E-state index contributed by atoms with van der Waals surface area (Å²) in [7, 11) is 0. The maximum absolute atomic E-state index is 5.03. The van der Waals surface area contributed by atoms with Gasteiger partial charge in [-0.1, -0.05) is 163 Å². The Morgan fingerprint density at radius 2 is 0.820 bits per heavy atom. The van der Waals surface area contributed by atoms with E-state index in [1.807, 2.05) is 60.7 Å². The van der Waals surface area contributed by atoms with E-state index in [1.54, 1.807) is 11.3 Å². The van der Waals surface area contributed by atoms with Gasteiger partial charge in [-0.2, -0.15) is 0 Å². The first kappa shape index (κ1) is 34.9.